The van der Waals surface area contributed by atoms with Crippen molar-refractivity contribution >= 4 is 17.7 Å². The Bertz CT molecular complexity index is 217. The monoisotopic (exact) mass is 257 g/mol. The van der Waals surface area contributed by atoms with Crippen molar-refractivity contribution in [1.82, 2.24) is 10.2 Å². The lowest BCUT2D eigenvalue weighted by atomic mass is 10.2. The summed E-state index contributed by atoms with van der Waals surface area (Å²) in [7, 11) is 3.94. The Labute approximate surface area is 111 Å². The van der Waals surface area contributed by atoms with Crippen molar-refractivity contribution in [3.63, 3.8) is 0 Å². The van der Waals surface area contributed by atoms with Gasteiger partial charge in [0.2, 0.25) is 0 Å². The number of unbranched alkanes of at least 4 members (excludes halogenated alkanes) is 3. The molecule has 0 fully saturated rings. The maximum absolute atomic E-state index is 4.28. The molecule has 0 aromatic carbocycles. The Hall–Kier alpha value is -0.640. The molecule has 0 spiro atoms. The third-order valence-electron chi connectivity index (χ3n) is 2.56. The molecular formula is C13H27N3S. The highest BCUT2D eigenvalue weighted by molar-refractivity contribution is 7.98. The quantitative estimate of drug-likeness (QED) is 0.298. The lowest BCUT2D eigenvalue weighted by molar-refractivity contribution is 0.457. The van der Waals surface area contributed by atoms with Crippen molar-refractivity contribution in [2.45, 2.75) is 25.7 Å². The largest absolute Gasteiger partial charge is 0.355 e. The summed E-state index contributed by atoms with van der Waals surface area (Å²) in [6.07, 6.45) is 8.96. The van der Waals surface area contributed by atoms with Crippen LogP contribution in [0.25, 0.3) is 0 Å². The Balaban J connectivity index is 3.69. The van der Waals surface area contributed by atoms with Gasteiger partial charge in [-0.1, -0.05) is 12.5 Å². The number of guanidine groups is 1. The molecule has 1 N–H and O–H groups in total. The van der Waals surface area contributed by atoms with Gasteiger partial charge >= 0.3 is 0 Å². The Morgan fingerprint density at radius 2 is 2.18 bits per heavy atom. The first-order valence-corrected chi connectivity index (χ1v) is 7.67. The third kappa shape index (κ3) is 9.10. The maximum atomic E-state index is 4.28. The number of nitrogens with one attached hydrogen (secondary N) is 1. The van der Waals surface area contributed by atoms with E-state index in [1.807, 2.05) is 24.9 Å². The third-order valence-corrected chi connectivity index (χ3v) is 3.18. The van der Waals surface area contributed by atoms with Crippen molar-refractivity contribution in [2.24, 2.45) is 4.99 Å². The van der Waals surface area contributed by atoms with Crippen LogP contribution in [-0.4, -0.2) is 50.1 Å². The molecule has 0 heterocycles. The van der Waals surface area contributed by atoms with Crippen LogP contribution < -0.4 is 5.32 Å². The summed E-state index contributed by atoms with van der Waals surface area (Å²) in [5.74, 6) is 2.12. The van der Waals surface area contributed by atoms with E-state index in [0.717, 1.165) is 31.2 Å². The molecule has 0 aliphatic carbocycles. The molecule has 0 radical (unpaired) electrons. The maximum Gasteiger partial charge on any atom is 0.193 e. The van der Waals surface area contributed by atoms with Gasteiger partial charge in [0.25, 0.3) is 0 Å². The minimum Gasteiger partial charge on any atom is -0.355 e. The topological polar surface area (TPSA) is 27.6 Å². The van der Waals surface area contributed by atoms with Crippen LogP contribution in [0.5, 0.6) is 0 Å². The molecule has 3 nitrogen and oxygen atoms in total. The predicted molar refractivity (Wildman–Crippen MR) is 81.0 cm³/mol. The minimum absolute atomic E-state index is 0.981. The molecule has 0 aliphatic rings. The smallest absolute Gasteiger partial charge is 0.193 e. The normalized spacial score (nSPS) is 11.4. The van der Waals surface area contributed by atoms with Gasteiger partial charge in [0, 0.05) is 32.9 Å². The number of hydrogen-bond donors (Lipinski definition) is 1. The molecule has 0 saturated carbocycles. The van der Waals surface area contributed by atoms with Gasteiger partial charge < -0.3 is 10.2 Å². The number of rotatable bonds is 9. The molecule has 0 unspecified atom stereocenters. The van der Waals surface area contributed by atoms with E-state index >= 15 is 0 Å². The van der Waals surface area contributed by atoms with E-state index in [1.165, 1.54) is 19.3 Å². The standard InChI is InChI=1S/C13H27N3S/c1-5-6-7-8-9-11-16(3)13(14-2)15-10-12-17-4/h5H,1,6-12H2,2-4H3,(H,14,15). The van der Waals surface area contributed by atoms with Crippen molar-refractivity contribution < 1.29 is 0 Å². The summed E-state index contributed by atoms with van der Waals surface area (Å²) in [5, 5.41) is 3.36. The number of allylic oxidation sites excluding steroid dienone is 1. The number of nitrogens with zero attached hydrogens (tertiary/aromatic N) is 2. The summed E-state index contributed by atoms with van der Waals surface area (Å²) in [4.78, 5) is 6.48. The van der Waals surface area contributed by atoms with E-state index in [4.69, 9.17) is 0 Å². The average Bonchev–Trinajstić information content (AvgIpc) is 2.34. The molecule has 0 aliphatic heterocycles. The van der Waals surface area contributed by atoms with Crippen molar-refractivity contribution in [3.05, 3.63) is 12.7 Å². The molecule has 0 amide bonds. The van der Waals surface area contributed by atoms with E-state index in [2.05, 4.69) is 35.1 Å². The molecule has 0 rings (SSSR count). The van der Waals surface area contributed by atoms with E-state index in [9.17, 15) is 0 Å². The Morgan fingerprint density at radius 1 is 1.41 bits per heavy atom. The summed E-state index contributed by atoms with van der Waals surface area (Å²) in [5.41, 5.74) is 0. The van der Waals surface area contributed by atoms with Gasteiger partial charge in [-0.3, -0.25) is 4.99 Å². The van der Waals surface area contributed by atoms with E-state index < -0.39 is 0 Å². The van der Waals surface area contributed by atoms with Crippen LogP contribution in [0.1, 0.15) is 25.7 Å². The highest BCUT2D eigenvalue weighted by Gasteiger charge is 2.03. The molecule has 100 valence electrons. The first-order chi connectivity index (χ1) is 8.26. The molecule has 0 aromatic rings. The predicted octanol–water partition coefficient (Wildman–Crippen LogP) is 2.60. The second-order valence-electron chi connectivity index (χ2n) is 4.03. The number of aliphatic imine (C=N–C) groups is 1. The molecule has 0 aromatic heterocycles. The van der Waals surface area contributed by atoms with E-state index in [1.54, 1.807) is 0 Å². The van der Waals surface area contributed by atoms with Gasteiger partial charge in [-0.15, -0.1) is 6.58 Å². The summed E-state index contributed by atoms with van der Waals surface area (Å²) < 4.78 is 0. The fourth-order valence-electron chi connectivity index (χ4n) is 1.57. The summed E-state index contributed by atoms with van der Waals surface area (Å²) >= 11 is 1.85. The fourth-order valence-corrected chi connectivity index (χ4v) is 1.88. The summed E-state index contributed by atoms with van der Waals surface area (Å²) in [6.45, 7) is 5.78. The van der Waals surface area contributed by atoms with Gasteiger partial charge in [-0.05, 0) is 25.5 Å². The average molecular weight is 257 g/mol. The molecule has 4 heteroatoms. The zero-order valence-corrected chi connectivity index (χ0v) is 12.4. The molecule has 0 atom stereocenters. The van der Waals surface area contributed by atoms with Gasteiger partial charge in [-0.25, -0.2) is 0 Å². The zero-order valence-electron chi connectivity index (χ0n) is 11.5. The van der Waals surface area contributed by atoms with Crippen LogP contribution in [-0.2, 0) is 0 Å². The van der Waals surface area contributed by atoms with E-state index in [-0.39, 0.29) is 0 Å². The van der Waals surface area contributed by atoms with Crippen LogP contribution in [0.3, 0.4) is 0 Å². The fraction of sp³-hybridized carbons (Fsp3) is 0.769. The summed E-state index contributed by atoms with van der Waals surface area (Å²) in [6, 6.07) is 0. The Kier molecular flexibility index (Phi) is 11.4. The molecular weight excluding hydrogens is 230 g/mol. The van der Waals surface area contributed by atoms with Crippen LogP contribution in [0.15, 0.2) is 17.6 Å². The van der Waals surface area contributed by atoms with Crippen LogP contribution >= 0.6 is 11.8 Å². The minimum atomic E-state index is 0.981. The van der Waals surface area contributed by atoms with Crippen LogP contribution in [0.2, 0.25) is 0 Å². The first-order valence-electron chi connectivity index (χ1n) is 6.27. The van der Waals surface area contributed by atoms with Crippen LogP contribution in [0.4, 0.5) is 0 Å². The second-order valence-corrected chi connectivity index (χ2v) is 5.01. The second kappa shape index (κ2) is 11.8. The lowest BCUT2D eigenvalue weighted by Crippen LogP contribution is -2.40. The highest BCUT2D eigenvalue weighted by Crippen LogP contribution is 2.01. The van der Waals surface area contributed by atoms with Crippen LogP contribution in [0, 0.1) is 0 Å². The number of thioether (sulfide) groups is 1. The van der Waals surface area contributed by atoms with Gasteiger partial charge in [0.05, 0.1) is 0 Å². The highest BCUT2D eigenvalue weighted by atomic mass is 32.2. The van der Waals surface area contributed by atoms with Gasteiger partial charge in [0.15, 0.2) is 5.96 Å². The Morgan fingerprint density at radius 3 is 2.76 bits per heavy atom. The molecule has 17 heavy (non-hydrogen) atoms. The number of hydrogen-bond acceptors (Lipinski definition) is 2. The van der Waals surface area contributed by atoms with E-state index in [0.29, 0.717) is 0 Å². The van der Waals surface area contributed by atoms with Gasteiger partial charge in [0.1, 0.15) is 0 Å². The van der Waals surface area contributed by atoms with Gasteiger partial charge in [-0.2, -0.15) is 11.8 Å². The SMILES string of the molecule is C=CCCCCCN(C)C(=NC)NCCSC. The zero-order chi connectivity index (χ0) is 12.9. The molecule has 0 bridgehead atoms. The molecule has 0 saturated heterocycles. The lowest BCUT2D eigenvalue weighted by Gasteiger charge is -2.21. The van der Waals surface area contributed by atoms with Crippen molar-refractivity contribution in [3.8, 4) is 0 Å². The van der Waals surface area contributed by atoms with Crippen molar-refractivity contribution in [1.29, 1.82) is 0 Å². The first kappa shape index (κ1) is 16.4. The van der Waals surface area contributed by atoms with Crippen molar-refractivity contribution in [2.75, 3.05) is 39.2 Å².